The van der Waals surface area contributed by atoms with E-state index in [0.29, 0.717) is 24.0 Å². The highest BCUT2D eigenvalue weighted by molar-refractivity contribution is 5.07. The Morgan fingerprint density at radius 3 is 2.84 bits per heavy atom. The summed E-state index contributed by atoms with van der Waals surface area (Å²) in [6.07, 6.45) is 6.24. The van der Waals surface area contributed by atoms with Crippen molar-refractivity contribution in [2.24, 2.45) is 11.8 Å². The summed E-state index contributed by atoms with van der Waals surface area (Å²) in [4.78, 5) is 3.61. The normalized spacial score (nSPS) is 50.3. The van der Waals surface area contributed by atoms with Crippen LogP contribution in [0.3, 0.4) is 0 Å². The van der Waals surface area contributed by atoms with Gasteiger partial charge in [-0.05, 0) is 31.1 Å². The topological polar surface area (TPSA) is 22.8 Å². The molecule has 3 aliphatic rings. The molecular formula is C16H25NO2. The average molecular weight is 263 g/mol. The van der Waals surface area contributed by atoms with Crippen molar-refractivity contribution in [2.75, 3.05) is 0 Å². The molecule has 19 heavy (non-hydrogen) atoms. The lowest BCUT2D eigenvalue weighted by Crippen LogP contribution is -2.51. The van der Waals surface area contributed by atoms with E-state index in [-0.39, 0.29) is 17.7 Å². The Labute approximate surface area is 116 Å². The van der Waals surface area contributed by atoms with Crippen molar-refractivity contribution in [3.05, 3.63) is 11.4 Å². The predicted molar refractivity (Wildman–Crippen MR) is 73.7 cm³/mol. The fourth-order valence-electron chi connectivity index (χ4n) is 4.31. The van der Waals surface area contributed by atoms with Crippen molar-refractivity contribution in [3.8, 4) is 0 Å². The third-order valence-corrected chi connectivity index (χ3v) is 5.60. The number of hydrogen-bond donors (Lipinski definition) is 0. The van der Waals surface area contributed by atoms with Crippen molar-refractivity contribution in [1.82, 2.24) is 0 Å². The highest BCUT2D eigenvalue weighted by Gasteiger charge is 2.58. The van der Waals surface area contributed by atoms with Crippen LogP contribution >= 0.6 is 0 Å². The molecule has 3 nitrogen and oxygen atoms in total. The maximum absolute atomic E-state index is 7.11. The van der Waals surface area contributed by atoms with Gasteiger partial charge in [0.25, 0.3) is 0 Å². The van der Waals surface area contributed by atoms with Gasteiger partial charge in [0.2, 0.25) is 6.04 Å². The molecule has 2 saturated heterocycles. The first kappa shape index (κ1) is 13.4. The lowest BCUT2D eigenvalue weighted by atomic mass is 9.70. The highest BCUT2D eigenvalue weighted by atomic mass is 16.6. The molecule has 7 atom stereocenters. The molecule has 1 aliphatic carbocycles. The summed E-state index contributed by atoms with van der Waals surface area (Å²) >= 11 is 0. The zero-order chi connectivity index (χ0) is 13.6. The monoisotopic (exact) mass is 263 g/mol. The van der Waals surface area contributed by atoms with E-state index in [1.165, 1.54) is 0 Å². The van der Waals surface area contributed by atoms with Crippen LogP contribution in [0.4, 0.5) is 0 Å². The number of hydrogen-bond acceptors (Lipinski definition) is 2. The van der Waals surface area contributed by atoms with Crippen LogP contribution in [0.1, 0.15) is 52.9 Å². The smallest absolute Gasteiger partial charge is 0.223 e. The Hall–Kier alpha value is -0.590. The fraction of sp³-hybridized carbons (Fsp3) is 0.938. The van der Waals surface area contributed by atoms with Crippen LogP contribution in [0.25, 0.3) is 4.85 Å². The van der Waals surface area contributed by atoms with E-state index in [9.17, 15) is 0 Å². The van der Waals surface area contributed by atoms with Gasteiger partial charge in [0.05, 0.1) is 23.9 Å². The van der Waals surface area contributed by atoms with E-state index < -0.39 is 0 Å². The maximum Gasteiger partial charge on any atom is 0.223 e. The summed E-state index contributed by atoms with van der Waals surface area (Å²) in [7, 11) is 0. The lowest BCUT2D eigenvalue weighted by molar-refractivity contribution is -0.170. The van der Waals surface area contributed by atoms with Crippen molar-refractivity contribution in [3.63, 3.8) is 0 Å². The van der Waals surface area contributed by atoms with Gasteiger partial charge in [0.15, 0.2) is 0 Å². The molecule has 0 aromatic rings. The third-order valence-electron chi connectivity index (χ3n) is 5.60. The van der Waals surface area contributed by atoms with Crippen molar-refractivity contribution >= 4 is 0 Å². The van der Waals surface area contributed by atoms with Gasteiger partial charge in [0, 0.05) is 19.8 Å². The number of fused-ring (bicyclic) bond motifs is 1. The number of rotatable bonds is 2. The van der Waals surface area contributed by atoms with Crippen LogP contribution in [-0.2, 0) is 9.47 Å². The van der Waals surface area contributed by atoms with E-state index in [1.807, 2.05) is 6.92 Å². The molecule has 3 fully saturated rings. The van der Waals surface area contributed by atoms with Crippen LogP contribution in [0.15, 0.2) is 0 Å². The summed E-state index contributed by atoms with van der Waals surface area (Å²) in [5.41, 5.74) is -0.0265. The van der Waals surface area contributed by atoms with Crippen LogP contribution in [0.5, 0.6) is 0 Å². The molecule has 3 heteroatoms. The van der Waals surface area contributed by atoms with Crippen molar-refractivity contribution in [1.29, 1.82) is 0 Å². The van der Waals surface area contributed by atoms with Gasteiger partial charge in [0.1, 0.15) is 0 Å². The molecule has 106 valence electrons. The Morgan fingerprint density at radius 2 is 2.11 bits per heavy atom. The second-order valence-electron chi connectivity index (χ2n) is 7.00. The Morgan fingerprint density at radius 1 is 1.32 bits per heavy atom. The molecule has 0 unspecified atom stereocenters. The van der Waals surface area contributed by atoms with E-state index in [2.05, 4.69) is 18.7 Å². The summed E-state index contributed by atoms with van der Waals surface area (Å²) in [6, 6.07) is 0.0796. The SMILES string of the molecule is [C-]#[N+][C@H](C)C[C@H]1CC[C@@H]2O[C@@H]3C[C@]2(C[C@@H](C)[C@H]3C)O1. The summed E-state index contributed by atoms with van der Waals surface area (Å²) < 4.78 is 12.7. The zero-order valence-electron chi connectivity index (χ0n) is 12.3. The molecule has 0 aromatic carbocycles. The van der Waals surface area contributed by atoms with Gasteiger partial charge in [-0.15, -0.1) is 0 Å². The van der Waals surface area contributed by atoms with Crippen LogP contribution in [0, 0.1) is 18.4 Å². The average Bonchev–Trinajstić information content (AvgIpc) is 2.70. The molecule has 1 spiro atoms. The summed E-state index contributed by atoms with van der Waals surface area (Å²) in [5.74, 6) is 1.33. The molecule has 0 N–H and O–H groups in total. The molecular weight excluding hydrogens is 238 g/mol. The third kappa shape index (κ3) is 2.19. The Balaban J connectivity index is 1.73. The van der Waals surface area contributed by atoms with Crippen LogP contribution in [-0.4, -0.2) is 30.0 Å². The first-order valence-electron chi connectivity index (χ1n) is 7.74. The van der Waals surface area contributed by atoms with E-state index in [1.54, 1.807) is 0 Å². The fourth-order valence-corrected chi connectivity index (χ4v) is 4.31. The minimum atomic E-state index is -0.0265. The first-order chi connectivity index (χ1) is 9.04. The molecule has 2 heterocycles. The zero-order valence-corrected chi connectivity index (χ0v) is 12.3. The molecule has 0 radical (unpaired) electrons. The highest BCUT2D eigenvalue weighted by Crippen LogP contribution is 2.53. The van der Waals surface area contributed by atoms with Crippen molar-refractivity contribution in [2.45, 2.75) is 82.8 Å². The predicted octanol–water partition coefficient (Wildman–Crippen LogP) is 3.44. The van der Waals surface area contributed by atoms with E-state index in [4.69, 9.17) is 16.0 Å². The van der Waals surface area contributed by atoms with Gasteiger partial charge < -0.3 is 14.3 Å². The molecule has 0 amide bonds. The van der Waals surface area contributed by atoms with Crippen LogP contribution < -0.4 is 0 Å². The number of ether oxygens (including phenoxy) is 2. The second-order valence-corrected chi connectivity index (χ2v) is 7.00. The maximum atomic E-state index is 7.11. The first-order valence-corrected chi connectivity index (χ1v) is 7.74. The van der Waals surface area contributed by atoms with Gasteiger partial charge in [-0.1, -0.05) is 13.8 Å². The van der Waals surface area contributed by atoms with Gasteiger partial charge in [-0.25, -0.2) is 6.57 Å². The Kier molecular flexibility index (Phi) is 3.35. The van der Waals surface area contributed by atoms with E-state index >= 15 is 0 Å². The molecule has 0 aromatic heterocycles. The van der Waals surface area contributed by atoms with E-state index in [0.717, 1.165) is 32.1 Å². The molecule has 1 saturated carbocycles. The molecule has 2 bridgehead atoms. The summed E-state index contributed by atoms with van der Waals surface area (Å²) in [6.45, 7) is 13.8. The van der Waals surface area contributed by atoms with Gasteiger partial charge in [-0.2, -0.15) is 0 Å². The quantitative estimate of drug-likeness (QED) is 0.712. The van der Waals surface area contributed by atoms with Gasteiger partial charge in [-0.3, -0.25) is 0 Å². The largest absolute Gasteiger partial charge is 0.372 e. The molecule has 2 aliphatic heterocycles. The standard InChI is InChI=1S/C16H25NO2/c1-10-8-16-9-14(12(10)3)18-15(16)6-5-13(19-16)7-11(2)17-4/h10-15H,5-9H2,1-3H3/t10-,11-,12-,13-,14-,15+,16+/m1/s1. The number of nitrogens with zero attached hydrogens (tertiary/aromatic N) is 1. The van der Waals surface area contributed by atoms with Gasteiger partial charge >= 0.3 is 0 Å². The lowest BCUT2D eigenvalue weighted by Gasteiger charge is -2.45. The van der Waals surface area contributed by atoms with Crippen molar-refractivity contribution < 1.29 is 9.47 Å². The Bertz CT molecular complexity index is 391. The second kappa shape index (κ2) is 4.75. The van der Waals surface area contributed by atoms with Crippen LogP contribution in [0.2, 0.25) is 0 Å². The summed E-state index contributed by atoms with van der Waals surface area (Å²) in [5, 5.41) is 0. The molecule has 3 rings (SSSR count). The minimum absolute atomic E-state index is 0.0265. The minimum Gasteiger partial charge on any atom is -0.372 e.